The van der Waals surface area contributed by atoms with Crippen molar-refractivity contribution in [3.8, 4) is 22.8 Å². The Labute approximate surface area is 185 Å². The molecule has 0 saturated heterocycles. The molecule has 3 heterocycles. The summed E-state index contributed by atoms with van der Waals surface area (Å²) in [4.78, 5) is 17.0. The van der Waals surface area contributed by atoms with Crippen LogP contribution >= 0.6 is 0 Å². The number of rotatable bonds is 8. The van der Waals surface area contributed by atoms with E-state index in [2.05, 4.69) is 39.7 Å². The maximum Gasteiger partial charge on any atom is 0.255 e. The topological polar surface area (TPSA) is 99.8 Å². The second kappa shape index (κ2) is 9.42. The second-order valence-electron chi connectivity index (χ2n) is 7.49. The number of nitrogens with one attached hydrogen (secondary N) is 1. The minimum atomic E-state index is -0.160. The van der Waals surface area contributed by atoms with Crippen molar-refractivity contribution in [1.29, 1.82) is 0 Å². The first-order chi connectivity index (χ1) is 15.6. The second-order valence-corrected chi connectivity index (χ2v) is 7.49. The van der Waals surface area contributed by atoms with Gasteiger partial charge in [-0.05, 0) is 59.7 Å². The van der Waals surface area contributed by atoms with Gasteiger partial charge in [0.05, 0.1) is 25.5 Å². The zero-order valence-electron chi connectivity index (χ0n) is 18.3. The van der Waals surface area contributed by atoms with Crippen molar-refractivity contribution in [2.75, 3.05) is 12.4 Å². The lowest BCUT2D eigenvalue weighted by molar-refractivity contribution is 0.414. The van der Waals surface area contributed by atoms with E-state index in [4.69, 9.17) is 4.74 Å². The summed E-state index contributed by atoms with van der Waals surface area (Å²) in [5.74, 6) is 2.13. The van der Waals surface area contributed by atoms with Crippen LogP contribution in [0.2, 0.25) is 0 Å². The third-order valence-electron chi connectivity index (χ3n) is 5.23. The minimum absolute atomic E-state index is 0.160. The summed E-state index contributed by atoms with van der Waals surface area (Å²) < 4.78 is 8.45. The van der Waals surface area contributed by atoms with Crippen molar-refractivity contribution in [3.63, 3.8) is 0 Å². The molecule has 1 unspecified atom stereocenters. The average molecular weight is 432 g/mol. The first-order valence-corrected chi connectivity index (χ1v) is 10.4. The van der Waals surface area contributed by atoms with Crippen molar-refractivity contribution in [2.24, 2.45) is 0 Å². The molecule has 0 amide bonds. The Morgan fingerprint density at radius 3 is 2.59 bits per heavy atom. The van der Waals surface area contributed by atoms with Gasteiger partial charge < -0.3 is 10.1 Å². The molecule has 9 nitrogen and oxygen atoms in total. The van der Waals surface area contributed by atoms with Crippen LogP contribution in [0.5, 0.6) is 5.75 Å². The number of benzene rings is 1. The lowest BCUT2D eigenvalue weighted by Crippen LogP contribution is -2.18. The molecule has 0 saturated carbocycles. The third kappa shape index (κ3) is 4.66. The number of tetrazole rings is 1. The number of anilines is 1. The van der Waals surface area contributed by atoms with Gasteiger partial charge in [0, 0.05) is 23.9 Å². The Kier molecular flexibility index (Phi) is 6.25. The fourth-order valence-electron chi connectivity index (χ4n) is 3.21. The van der Waals surface area contributed by atoms with Crippen LogP contribution in [0.15, 0.2) is 65.7 Å². The highest BCUT2D eigenvalue weighted by Crippen LogP contribution is 2.19. The van der Waals surface area contributed by atoms with Gasteiger partial charge in [-0.2, -0.15) is 0 Å². The highest BCUT2D eigenvalue weighted by atomic mass is 16.5. The molecule has 32 heavy (non-hydrogen) atoms. The minimum Gasteiger partial charge on any atom is -0.497 e. The van der Waals surface area contributed by atoms with Crippen LogP contribution in [0.3, 0.4) is 0 Å². The standard InChI is InChI=1S/C23H25N7O2/c1-4-16(2)25-21-11-8-19(13-24-21)29-15-18(7-12-22(29)31)23-26-27-28-30(23)14-17-5-9-20(32-3)10-6-17/h5-13,15-16H,4,14H2,1-3H3,(H,24,25). The average Bonchev–Trinajstić information content (AvgIpc) is 3.28. The molecular weight excluding hydrogens is 406 g/mol. The SMILES string of the molecule is CCC(C)Nc1ccc(-n2cc(-c3nnnn3Cc3ccc(OC)cc3)ccc2=O)cn1. The zero-order valence-corrected chi connectivity index (χ0v) is 18.3. The molecule has 0 bridgehead atoms. The lowest BCUT2D eigenvalue weighted by Gasteiger charge is -2.13. The van der Waals surface area contributed by atoms with Crippen LogP contribution in [-0.4, -0.2) is 42.9 Å². The maximum atomic E-state index is 12.5. The predicted octanol–water partition coefficient (Wildman–Crippen LogP) is 3.15. The number of hydrogen-bond acceptors (Lipinski definition) is 7. The molecule has 0 radical (unpaired) electrons. The zero-order chi connectivity index (χ0) is 22.5. The highest BCUT2D eigenvalue weighted by molar-refractivity contribution is 5.54. The Morgan fingerprint density at radius 2 is 1.91 bits per heavy atom. The predicted molar refractivity (Wildman–Crippen MR) is 122 cm³/mol. The summed E-state index contributed by atoms with van der Waals surface area (Å²) >= 11 is 0. The van der Waals surface area contributed by atoms with E-state index >= 15 is 0 Å². The molecule has 0 aliphatic rings. The number of nitrogens with zero attached hydrogens (tertiary/aromatic N) is 6. The van der Waals surface area contributed by atoms with Gasteiger partial charge in [0.2, 0.25) is 0 Å². The molecular formula is C23H25N7O2. The molecule has 4 aromatic rings. The Hall–Kier alpha value is -4.01. The molecule has 0 aliphatic carbocycles. The quantitative estimate of drug-likeness (QED) is 0.457. The number of hydrogen-bond donors (Lipinski definition) is 1. The van der Waals surface area contributed by atoms with E-state index in [1.165, 1.54) is 6.07 Å². The van der Waals surface area contributed by atoms with Crippen molar-refractivity contribution in [2.45, 2.75) is 32.9 Å². The molecule has 3 aromatic heterocycles. The van der Waals surface area contributed by atoms with E-state index in [1.807, 2.05) is 36.4 Å². The first kappa shape index (κ1) is 21.2. The number of methoxy groups -OCH3 is 1. The molecule has 1 N–H and O–H groups in total. The summed E-state index contributed by atoms with van der Waals surface area (Å²) in [5.41, 5.74) is 2.26. The van der Waals surface area contributed by atoms with Gasteiger partial charge in [-0.25, -0.2) is 9.67 Å². The van der Waals surface area contributed by atoms with Gasteiger partial charge in [-0.1, -0.05) is 19.1 Å². The van der Waals surface area contributed by atoms with E-state index in [9.17, 15) is 4.79 Å². The van der Waals surface area contributed by atoms with Gasteiger partial charge >= 0.3 is 0 Å². The van der Waals surface area contributed by atoms with E-state index in [1.54, 1.807) is 34.8 Å². The van der Waals surface area contributed by atoms with Crippen LogP contribution in [0.1, 0.15) is 25.8 Å². The molecule has 1 aromatic carbocycles. The normalized spacial score (nSPS) is 11.8. The number of aromatic nitrogens is 6. The van der Waals surface area contributed by atoms with E-state index < -0.39 is 0 Å². The largest absolute Gasteiger partial charge is 0.497 e. The molecule has 4 rings (SSSR count). The van der Waals surface area contributed by atoms with Crippen LogP contribution in [0, 0.1) is 0 Å². The van der Waals surface area contributed by atoms with Gasteiger partial charge in [-0.15, -0.1) is 5.10 Å². The summed E-state index contributed by atoms with van der Waals surface area (Å²) in [6, 6.07) is 15.0. The summed E-state index contributed by atoms with van der Waals surface area (Å²) in [6.07, 6.45) is 4.41. The van der Waals surface area contributed by atoms with Gasteiger partial charge in [-0.3, -0.25) is 9.36 Å². The van der Waals surface area contributed by atoms with Crippen LogP contribution in [0.4, 0.5) is 5.82 Å². The Bertz CT molecular complexity index is 1230. The highest BCUT2D eigenvalue weighted by Gasteiger charge is 2.12. The Balaban J connectivity index is 1.61. The molecule has 0 aliphatic heterocycles. The molecule has 0 spiro atoms. The van der Waals surface area contributed by atoms with Crippen LogP contribution in [-0.2, 0) is 6.54 Å². The van der Waals surface area contributed by atoms with E-state index in [0.29, 0.717) is 24.1 Å². The van der Waals surface area contributed by atoms with Crippen molar-refractivity contribution < 1.29 is 4.74 Å². The first-order valence-electron chi connectivity index (χ1n) is 10.4. The molecule has 0 fully saturated rings. The lowest BCUT2D eigenvalue weighted by atomic mass is 10.2. The van der Waals surface area contributed by atoms with Crippen molar-refractivity contribution in [3.05, 3.63) is 76.8 Å². The fraction of sp³-hybridized carbons (Fsp3) is 0.261. The van der Waals surface area contributed by atoms with Gasteiger partial charge in [0.1, 0.15) is 11.6 Å². The summed E-state index contributed by atoms with van der Waals surface area (Å²) in [6.45, 7) is 4.70. The summed E-state index contributed by atoms with van der Waals surface area (Å²) in [7, 11) is 1.63. The third-order valence-corrected chi connectivity index (χ3v) is 5.23. The monoisotopic (exact) mass is 431 g/mol. The van der Waals surface area contributed by atoms with E-state index in [-0.39, 0.29) is 5.56 Å². The van der Waals surface area contributed by atoms with Crippen molar-refractivity contribution >= 4 is 5.82 Å². The number of ether oxygens (including phenoxy) is 1. The molecule has 1 atom stereocenters. The number of pyridine rings is 2. The Morgan fingerprint density at radius 1 is 1.09 bits per heavy atom. The van der Waals surface area contributed by atoms with Crippen LogP contribution in [0.25, 0.3) is 17.1 Å². The van der Waals surface area contributed by atoms with Gasteiger partial charge in [0.25, 0.3) is 5.56 Å². The molecule has 164 valence electrons. The van der Waals surface area contributed by atoms with Crippen LogP contribution < -0.4 is 15.6 Å². The van der Waals surface area contributed by atoms with Gasteiger partial charge in [0.15, 0.2) is 5.82 Å². The maximum absolute atomic E-state index is 12.5. The smallest absolute Gasteiger partial charge is 0.255 e. The van der Waals surface area contributed by atoms with Crippen molar-refractivity contribution in [1.82, 2.24) is 29.8 Å². The molecule has 9 heteroatoms. The summed E-state index contributed by atoms with van der Waals surface area (Å²) in [5, 5.41) is 15.4. The van der Waals surface area contributed by atoms with E-state index in [0.717, 1.165) is 29.1 Å². The fourth-order valence-corrected chi connectivity index (χ4v) is 3.21.